The number of nitrogens with two attached hydrogens (primary N) is 1. The summed E-state index contributed by atoms with van der Waals surface area (Å²) in [6.07, 6.45) is -3.28. The van der Waals surface area contributed by atoms with Crippen molar-refractivity contribution in [3.05, 3.63) is 23.8 Å². The molecule has 106 valence electrons. The zero-order valence-electron chi connectivity index (χ0n) is 11.2. The Kier molecular flexibility index (Phi) is 3.65. The number of nitrogen functional groups attached to an aromatic ring is 1. The Balaban J connectivity index is 2.40. The summed E-state index contributed by atoms with van der Waals surface area (Å²) in [4.78, 5) is 1.82. The molecule has 2 atom stereocenters. The molecule has 5 heteroatoms. The van der Waals surface area contributed by atoms with Gasteiger partial charge in [0.1, 0.15) is 0 Å². The zero-order valence-corrected chi connectivity index (χ0v) is 11.2. The molecule has 0 aliphatic carbocycles. The van der Waals surface area contributed by atoms with Crippen molar-refractivity contribution in [3.63, 3.8) is 0 Å². The molecule has 1 aromatic carbocycles. The zero-order chi connectivity index (χ0) is 14.2. The van der Waals surface area contributed by atoms with Gasteiger partial charge in [-0.1, -0.05) is 13.8 Å². The van der Waals surface area contributed by atoms with Crippen LogP contribution in [0.15, 0.2) is 18.2 Å². The number of hydrogen-bond acceptors (Lipinski definition) is 2. The maximum absolute atomic E-state index is 13.1. The third-order valence-corrected chi connectivity index (χ3v) is 3.54. The lowest BCUT2D eigenvalue weighted by molar-refractivity contribution is -0.137. The van der Waals surface area contributed by atoms with Gasteiger partial charge in [0.25, 0.3) is 0 Å². The van der Waals surface area contributed by atoms with Crippen LogP contribution in [-0.4, -0.2) is 13.1 Å². The molecular weight excluding hydrogens is 253 g/mol. The van der Waals surface area contributed by atoms with E-state index in [2.05, 4.69) is 13.8 Å². The van der Waals surface area contributed by atoms with Crippen molar-refractivity contribution in [2.75, 3.05) is 23.7 Å². The Morgan fingerprint density at radius 3 is 2.26 bits per heavy atom. The van der Waals surface area contributed by atoms with Crippen LogP contribution in [0.4, 0.5) is 24.5 Å². The molecule has 1 saturated heterocycles. The van der Waals surface area contributed by atoms with Crippen LogP contribution in [0.3, 0.4) is 0 Å². The van der Waals surface area contributed by atoms with Gasteiger partial charge in [-0.2, -0.15) is 13.2 Å². The largest absolute Gasteiger partial charge is 0.418 e. The molecule has 0 aromatic heterocycles. The van der Waals surface area contributed by atoms with Gasteiger partial charge in [0.15, 0.2) is 0 Å². The molecule has 0 saturated carbocycles. The Bertz CT molecular complexity index is 446. The number of piperidine rings is 1. The number of benzene rings is 1. The Morgan fingerprint density at radius 1 is 1.16 bits per heavy atom. The van der Waals surface area contributed by atoms with Crippen LogP contribution in [0, 0.1) is 11.8 Å². The van der Waals surface area contributed by atoms with E-state index < -0.39 is 11.7 Å². The fraction of sp³-hybridized carbons (Fsp3) is 0.571. The molecule has 2 N–H and O–H groups in total. The molecule has 2 rings (SSSR count). The summed E-state index contributed by atoms with van der Waals surface area (Å²) >= 11 is 0. The molecule has 1 heterocycles. The number of alkyl halides is 3. The van der Waals surface area contributed by atoms with Gasteiger partial charge in [-0.3, -0.25) is 0 Å². The van der Waals surface area contributed by atoms with E-state index in [0.29, 0.717) is 30.6 Å². The van der Waals surface area contributed by atoms with Gasteiger partial charge in [0, 0.05) is 18.8 Å². The van der Waals surface area contributed by atoms with Gasteiger partial charge >= 0.3 is 6.18 Å². The van der Waals surface area contributed by atoms with Crippen LogP contribution in [-0.2, 0) is 6.18 Å². The number of anilines is 2. The number of hydrogen-bond donors (Lipinski definition) is 1. The van der Waals surface area contributed by atoms with Gasteiger partial charge in [0.2, 0.25) is 0 Å². The third-order valence-electron chi connectivity index (χ3n) is 3.54. The van der Waals surface area contributed by atoms with E-state index in [1.807, 2.05) is 4.90 Å². The Morgan fingerprint density at radius 2 is 1.74 bits per heavy atom. The van der Waals surface area contributed by atoms with Gasteiger partial charge in [-0.25, -0.2) is 0 Å². The minimum absolute atomic E-state index is 0.214. The maximum Gasteiger partial charge on any atom is 0.418 e. The standard InChI is InChI=1S/C14H19F3N2/c1-9-5-10(2)8-19(7-9)13-6-11(18)3-4-12(13)14(15,16)17/h3-4,6,9-10H,5,7-8,18H2,1-2H3. The quantitative estimate of drug-likeness (QED) is 0.788. The molecule has 2 nitrogen and oxygen atoms in total. The van der Waals surface area contributed by atoms with E-state index in [-0.39, 0.29) is 5.69 Å². The molecule has 1 aliphatic heterocycles. The molecule has 0 amide bonds. The molecule has 1 fully saturated rings. The van der Waals surface area contributed by atoms with Crippen molar-refractivity contribution in [1.82, 2.24) is 0 Å². The smallest absolute Gasteiger partial charge is 0.399 e. The highest BCUT2D eigenvalue weighted by molar-refractivity contribution is 5.62. The summed E-state index contributed by atoms with van der Waals surface area (Å²) in [6.45, 7) is 5.44. The van der Waals surface area contributed by atoms with E-state index in [0.717, 1.165) is 12.5 Å². The lowest BCUT2D eigenvalue weighted by atomic mass is 9.91. The molecule has 19 heavy (non-hydrogen) atoms. The molecule has 1 aliphatic rings. The predicted octanol–water partition coefficient (Wildman–Crippen LogP) is 3.77. The maximum atomic E-state index is 13.1. The highest BCUT2D eigenvalue weighted by Crippen LogP contribution is 2.39. The van der Waals surface area contributed by atoms with Crippen molar-refractivity contribution in [3.8, 4) is 0 Å². The molecule has 0 spiro atoms. The second kappa shape index (κ2) is 4.94. The van der Waals surface area contributed by atoms with Crippen LogP contribution in [0.5, 0.6) is 0 Å². The number of halogens is 3. The van der Waals surface area contributed by atoms with Gasteiger partial charge in [-0.15, -0.1) is 0 Å². The number of nitrogens with zero attached hydrogens (tertiary/aromatic N) is 1. The highest BCUT2D eigenvalue weighted by atomic mass is 19.4. The first-order chi connectivity index (χ1) is 8.77. The van der Waals surface area contributed by atoms with Crippen LogP contribution in [0.25, 0.3) is 0 Å². The average molecular weight is 272 g/mol. The fourth-order valence-corrected chi connectivity index (χ4v) is 2.91. The first kappa shape index (κ1) is 14.0. The van der Waals surface area contributed by atoms with Gasteiger partial charge in [0.05, 0.1) is 11.3 Å². The first-order valence-corrected chi connectivity index (χ1v) is 6.49. The minimum atomic E-state index is -4.34. The summed E-state index contributed by atoms with van der Waals surface area (Å²) < 4.78 is 39.2. The highest BCUT2D eigenvalue weighted by Gasteiger charge is 2.36. The molecule has 0 bridgehead atoms. The Labute approximate surface area is 111 Å². The first-order valence-electron chi connectivity index (χ1n) is 6.49. The van der Waals surface area contributed by atoms with Gasteiger partial charge in [-0.05, 0) is 36.5 Å². The number of rotatable bonds is 1. The predicted molar refractivity (Wildman–Crippen MR) is 71.0 cm³/mol. The van der Waals surface area contributed by atoms with Gasteiger partial charge < -0.3 is 10.6 Å². The summed E-state index contributed by atoms with van der Waals surface area (Å²) in [5.74, 6) is 0.789. The Hall–Kier alpha value is -1.39. The second-order valence-electron chi connectivity index (χ2n) is 5.63. The molecule has 1 aromatic rings. The van der Waals surface area contributed by atoms with E-state index in [1.54, 1.807) is 0 Å². The summed E-state index contributed by atoms with van der Waals surface area (Å²) in [6, 6.07) is 3.82. The van der Waals surface area contributed by atoms with Crippen molar-refractivity contribution in [2.24, 2.45) is 11.8 Å². The van der Waals surface area contributed by atoms with Crippen LogP contribution < -0.4 is 10.6 Å². The van der Waals surface area contributed by atoms with Crippen molar-refractivity contribution >= 4 is 11.4 Å². The van der Waals surface area contributed by atoms with Crippen LogP contribution >= 0.6 is 0 Å². The van der Waals surface area contributed by atoms with E-state index >= 15 is 0 Å². The van der Waals surface area contributed by atoms with Crippen molar-refractivity contribution in [2.45, 2.75) is 26.4 Å². The SMILES string of the molecule is CC1CC(C)CN(c2cc(N)ccc2C(F)(F)F)C1. The van der Waals surface area contributed by atoms with E-state index in [4.69, 9.17) is 5.73 Å². The lowest BCUT2D eigenvalue weighted by Gasteiger charge is -2.38. The average Bonchev–Trinajstić information content (AvgIpc) is 2.25. The molecular formula is C14H19F3N2. The third kappa shape index (κ3) is 3.14. The summed E-state index contributed by atoms with van der Waals surface area (Å²) in [5, 5.41) is 0. The van der Waals surface area contributed by atoms with E-state index in [1.165, 1.54) is 12.1 Å². The lowest BCUT2D eigenvalue weighted by Crippen LogP contribution is -2.39. The molecule has 2 unspecified atom stereocenters. The second-order valence-corrected chi connectivity index (χ2v) is 5.63. The van der Waals surface area contributed by atoms with Crippen molar-refractivity contribution in [1.29, 1.82) is 0 Å². The fourth-order valence-electron chi connectivity index (χ4n) is 2.91. The normalized spacial score (nSPS) is 24.6. The van der Waals surface area contributed by atoms with E-state index in [9.17, 15) is 13.2 Å². The molecule has 0 radical (unpaired) electrons. The summed E-state index contributed by atoms with van der Waals surface area (Å²) in [7, 11) is 0. The van der Waals surface area contributed by atoms with Crippen LogP contribution in [0.1, 0.15) is 25.8 Å². The minimum Gasteiger partial charge on any atom is -0.399 e. The van der Waals surface area contributed by atoms with Crippen molar-refractivity contribution < 1.29 is 13.2 Å². The monoisotopic (exact) mass is 272 g/mol. The topological polar surface area (TPSA) is 29.3 Å². The summed E-state index contributed by atoms with van der Waals surface area (Å²) in [5.41, 5.74) is 5.64. The van der Waals surface area contributed by atoms with Crippen LogP contribution in [0.2, 0.25) is 0 Å².